The molecule has 0 aromatic rings. The molecular weight excluding hydrogens is 104 g/mol. The highest BCUT2D eigenvalue weighted by atomic mass is 16.5. The Hall–Kier alpha value is -0.790. The first kappa shape index (κ1) is 5.35. The number of rotatable bonds is 0. The van der Waals surface area contributed by atoms with E-state index in [0.29, 0.717) is 0 Å². The van der Waals surface area contributed by atoms with Crippen LogP contribution in [-0.2, 0) is 9.53 Å². The number of hydrogen-bond acceptors (Lipinski definition) is 2. The number of ether oxygens (including phenoxy) is 1. The standard InChI is InChI=1S/C6H8O2/c1-4-3-6(7)8-5(4)2/h3,5H,1-2H3/t5-/m1/s1. The van der Waals surface area contributed by atoms with Crippen molar-refractivity contribution >= 4 is 5.97 Å². The van der Waals surface area contributed by atoms with E-state index in [2.05, 4.69) is 0 Å². The second-order valence-electron chi connectivity index (χ2n) is 1.97. The fourth-order valence-corrected chi connectivity index (χ4v) is 0.604. The molecule has 0 saturated carbocycles. The maximum absolute atomic E-state index is 10.4. The number of esters is 1. The quantitative estimate of drug-likeness (QED) is 0.435. The predicted molar refractivity (Wildman–Crippen MR) is 29.3 cm³/mol. The van der Waals surface area contributed by atoms with E-state index < -0.39 is 0 Å². The van der Waals surface area contributed by atoms with Crippen molar-refractivity contribution in [3.63, 3.8) is 0 Å². The normalized spacial score (nSPS) is 27.5. The van der Waals surface area contributed by atoms with Crippen LogP contribution in [0.15, 0.2) is 11.6 Å². The molecule has 0 bridgehead atoms. The third-order valence-electron chi connectivity index (χ3n) is 1.28. The molecule has 1 rings (SSSR count). The molecule has 0 aliphatic carbocycles. The average Bonchev–Trinajstić information content (AvgIpc) is 1.85. The zero-order valence-corrected chi connectivity index (χ0v) is 4.97. The number of carbonyl (C=O) groups excluding carboxylic acids is 1. The molecule has 0 aromatic carbocycles. The summed E-state index contributed by atoms with van der Waals surface area (Å²) in [5.74, 6) is -0.213. The first-order chi connectivity index (χ1) is 3.70. The fourth-order valence-electron chi connectivity index (χ4n) is 0.604. The van der Waals surface area contributed by atoms with Gasteiger partial charge in [0.05, 0.1) is 0 Å². The lowest BCUT2D eigenvalue weighted by Crippen LogP contribution is -2.03. The lowest BCUT2D eigenvalue weighted by Gasteiger charge is -2.00. The maximum Gasteiger partial charge on any atom is 0.331 e. The molecule has 2 nitrogen and oxygen atoms in total. The van der Waals surface area contributed by atoms with Gasteiger partial charge in [-0.1, -0.05) is 0 Å². The van der Waals surface area contributed by atoms with Gasteiger partial charge in [0, 0.05) is 6.08 Å². The van der Waals surface area contributed by atoms with Crippen LogP contribution in [0, 0.1) is 0 Å². The molecule has 0 saturated heterocycles. The summed E-state index contributed by atoms with van der Waals surface area (Å²) in [5, 5.41) is 0. The van der Waals surface area contributed by atoms with Gasteiger partial charge in [0.1, 0.15) is 6.10 Å². The Morgan fingerprint density at radius 1 is 1.75 bits per heavy atom. The summed E-state index contributed by atoms with van der Waals surface area (Å²) in [5.41, 5.74) is 1.01. The van der Waals surface area contributed by atoms with E-state index in [9.17, 15) is 4.79 Å². The molecule has 2 heteroatoms. The summed E-state index contributed by atoms with van der Waals surface area (Å²) < 4.78 is 4.74. The van der Waals surface area contributed by atoms with Gasteiger partial charge >= 0.3 is 5.97 Å². The van der Waals surface area contributed by atoms with E-state index in [0.717, 1.165) is 5.57 Å². The van der Waals surface area contributed by atoms with Gasteiger partial charge in [-0.15, -0.1) is 0 Å². The molecule has 0 spiro atoms. The molecule has 0 fully saturated rings. The third-order valence-corrected chi connectivity index (χ3v) is 1.28. The van der Waals surface area contributed by atoms with Gasteiger partial charge in [0.25, 0.3) is 0 Å². The SMILES string of the molecule is CC1=CC(=O)O[C@@H]1C. The van der Waals surface area contributed by atoms with Crippen LogP contribution in [0.5, 0.6) is 0 Å². The zero-order chi connectivity index (χ0) is 6.15. The van der Waals surface area contributed by atoms with Gasteiger partial charge in [-0.2, -0.15) is 0 Å². The summed E-state index contributed by atoms with van der Waals surface area (Å²) in [4.78, 5) is 10.4. The highest BCUT2D eigenvalue weighted by Crippen LogP contribution is 2.12. The number of carbonyl (C=O) groups is 1. The van der Waals surface area contributed by atoms with E-state index in [1.54, 1.807) is 0 Å². The summed E-state index contributed by atoms with van der Waals surface area (Å²) in [6.07, 6.45) is 1.52. The lowest BCUT2D eigenvalue weighted by atomic mass is 10.2. The van der Waals surface area contributed by atoms with Crippen molar-refractivity contribution in [1.29, 1.82) is 0 Å². The molecule has 0 radical (unpaired) electrons. The van der Waals surface area contributed by atoms with Crippen molar-refractivity contribution in [2.45, 2.75) is 20.0 Å². The largest absolute Gasteiger partial charge is 0.455 e. The highest BCUT2D eigenvalue weighted by Gasteiger charge is 2.16. The van der Waals surface area contributed by atoms with Crippen LogP contribution in [0.4, 0.5) is 0 Å². The molecule has 0 aromatic heterocycles. The van der Waals surface area contributed by atoms with Gasteiger partial charge in [0.2, 0.25) is 0 Å². The number of cyclic esters (lactones) is 1. The van der Waals surface area contributed by atoms with Gasteiger partial charge in [0.15, 0.2) is 0 Å². The van der Waals surface area contributed by atoms with E-state index >= 15 is 0 Å². The highest BCUT2D eigenvalue weighted by molar-refractivity contribution is 5.85. The Morgan fingerprint density at radius 2 is 2.38 bits per heavy atom. The molecule has 8 heavy (non-hydrogen) atoms. The van der Waals surface area contributed by atoms with Crippen LogP contribution in [0.2, 0.25) is 0 Å². The van der Waals surface area contributed by atoms with Crippen LogP contribution >= 0.6 is 0 Å². The fraction of sp³-hybridized carbons (Fsp3) is 0.500. The molecule has 1 aliphatic heterocycles. The van der Waals surface area contributed by atoms with Crippen LogP contribution in [-0.4, -0.2) is 12.1 Å². The maximum atomic E-state index is 10.4. The third kappa shape index (κ3) is 0.735. The van der Waals surface area contributed by atoms with Crippen molar-refractivity contribution in [2.24, 2.45) is 0 Å². The summed E-state index contributed by atoms with van der Waals surface area (Å²) in [6, 6.07) is 0. The van der Waals surface area contributed by atoms with Crippen molar-refractivity contribution in [1.82, 2.24) is 0 Å². The molecule has 1 heterocycles. The van der Waals surface area contributed by atoms with Crippen LogP contribution in [0.1, 0.15) is 13.8 Å². The van der Waals surface area contributed by atoms with E-state index in [1.165, 1.54) is 6.08 Å². The van der Waals surface area contributed by atoms with Gasteiger partial charge in [-0.3, -0.25) is 0 Å². The lowest BCUT2D eigenvalue weighted by molar-refractivity contribution is -0.138. The first-order valence-corrected chi connectivity index (χ1v) is 2.59. The summed E-state index contributed by atoms with van der Waals surface area (Å²) >= 11 is 0. The Morgan fingerprint density at radius 3 is 2.50 bits per heavy atom. The van der Waals surface area contributed by atoms with E-state index in [1.807, 2.05) is 13.8 Å². The minimum absolute atomic E-state index is 0.00231. The van der Waals surface area contributed by atoms with Crippen molar-refractivity contribution in [3.05, 3.63) is 11.6 Å². The second-order valence-corrected chi connectivity index (χ2v) is 1.97. The molecule has 0 N–H and O–H groups in total. The average molecular weight is 112 g/mol. The molecule has 44 valence electrons. The van der Waals surface area contributed by atoms with Gasteiger partial charge in [-0.25, -0.2) is 4.79 Å². The second kappa shape index (κ2) is 1.62. The molecule has 1 aliphatic rings. The van der Waals surface area contributed by atoms with Crippen LogP contribution in [0.25, 0.3) is 0 Å². The molecule has 1 atom stereocenters. The van der Waals surface area contributed by atoms with E-state index in [4.69, 9.17) is 4.74 Å². The van der Waals surface area contributed by atoms with Crippen LogP contribution < -0.4 is 0 Å². The minimum atomic E-state index is -0.213. The van der Waals surface area contributed by atoms with Crippen molar-refractivity contribution < 1.29 is 9.53 Å². The number of hydrogen-bond donors (Lipinski definition) is 0. The first-order valence-electron chi connectivity index (χ1n) is 2.59. The molecule has 0 unspecified atom stereocenters. The smallest absolute Gasteiger partial charge is 0.331 e. The molecular formula is C6H8O2. The Balaban J connectivity index is 2.73. The zero-order valence-electron chi connectivity index (χ0n) is 4.97. The Bertz CT molecular complexity index is 147. The van der Waals surface area contributed by atoms with Gasteiger partial charge < -0.3 is 4.74 Å². The minimum Gasteiger partial charge on any atom is -0.455 e. The summed E-state index contributed by atoms with van der Waals surface area (Å²) in [6.45, 7) is 3.74. The van der Waals surface area contributed by atoms with E-state index in [-0.39, 0.29) is 12.1 Å². The van der Waals surface area contributed by atoms with Gasteiger partial charge in [-0.05, 0) is 19.4 Å². The van der Waals surface area contributed by atoms with Crippen molar-refractivity contribution in [3.8, 4) is 0 Å². The Labute approximate surface area is 48.1 Å². The van der Waals surface area contributed by atoms with Crippen LogP contribution in [0.3, 0.4) is 0 Å². The predicted octanol–water partition coefficient (Wildman–Crippen LogP) is 0.878. The molecule has 0 amide bonds. The monoisotopic (exact) mass is 112 g/mol. The topological polar surface area (TPSA) is 26.3 Å². The Kier molecular flexibility index (Phi) is 1.08. The summed E-state index contributed by atoms with van der Waals surface area (Å²) in [7, 11) is 0. The van der Waals surface area contributed by atoms with Crippen molar-refractivity contribution in [2.75, 3.05) is 0 Å².